The topological polar surface area (TPSA) is 34.9 Å². The van der Waals surface area contributed by atoms with E-state index in [-0.39, 0.29) is 5.91 Å². The summed E-state index contributed by atoms with van der Waals surface area (Å²) in [6, 6.07) is 15.9. The van der Waals surface area contributed by atoms with E-state index in [1.165, 1.54) is 0 Å². The number of carbonyl (C=O) groups is 1. The van der Waals surface area contributed by atoms with E-state index in [1.807, 2.05) is 48.5 Å². The molecule has 0 atom stereocenters. The van der Waals surface area contributed by atoms with Crippen molar-refractivity contribution in [1.29, 1.82) is 0 Å². The van der Waals surface area contributed by atoms with Crippen LogP contribution in [-0.2, 0) is 0 Å². The number of benzene rings is 2. The molecule has 21 heavy (non-hydrogen) atoms. The van der Waals surface area contributed by atoms with Crippen LogP contribution in [0.2, 0.25) is 0 Å². The molecule has 2 aromatic heterocycles. The Labute approximate surface area is 129 Å². The van der Waals surface area contributed by atoms with Crippen LogP contribution in [0.15, 0.2) is 53.0 Å². The van der Waals surface area contributed by atoms with Crippen molar-refractivity contribution in [3.63, 3.8) is 0 Å². The molecular formula is C17H11BrN2O. The minimum atomic E-state index is -0.00246. The Balaban J connectivity index is 2.28. The zero-order chi connectivity index (χ0) is 14.6. The third kappa shape index (κ3) is 1.79. The van der Waals surface area contributed by atoms with Crippen molar-refractivity contribution in [2.45, 2.75) is 6.92 Å². The van der Waals surface area contributed by atoms with Crippen LogP contribution in [0, 0.1) is 0 Å². The molecular weight excluding hydrogens is 328 g/mol. The summed E-state index contributed by atoms with van der Waals surface area (Å²) >= 11 is 3.48. The summed E-state index contributed by atoms with van der Waals surface area (Å²) < 4.78 is 2.74. The molecule has 2 heterocycles. The predicted octanol–water partition coefficient (Wildman–Crippen LogP) is 4.77. The second kappa shape index (κ2) is 4.40. The van der Waals surface area contributed by atoms with Crippen LogP contribution in [0.25, 0.3) is 32.8 Å². The zero-order valence-corrected chi connectivity index (χ0v) is 12.9. The van der Waals surface area contributed by atoms with Crippen LogP contribution in [0.4, 0.5) is 0 Å². The average Bonchev–Trinajstić information content (AvgIpc) is 2.78. The van der Waals surface area contributed by atoms with E-state index >= 15 is 0 Å². The predicted molar refractivity (Wildman–Crippen MR) is 88.7 cm³/mol. The second-order valence-corrected chi connectivity index (χ2v) is 5.98. The van der Waals surface area contributed by atoms with Crippen molar-refractivity contribution in [3.8, 4) is 0 Å². The number of halogens is 1. The summed E-state index contributed by atoms with van der Waals surface area (Å²) in [5, 5.41) is 2.02. The lowest BCUT2D eigenvalue weighted by molar-refractivity contribution is 0.0946. The fourth-order valence-electron chi connectivity index (χ4n) is 2.84. The number of rotatable bonds is 0. The van der Waals surface area contributed by atoms with Gasteiger partial charge in [-0.15, -0.1) is 0 Å². The van der Waals surface area contributed by atoms with Gasteiger partial charge in [0.1, 0.15) is 0 Å². The maximum Gasteiger partial charge on any atom is 0.228 e. The van der Waals surface area contributed by atoms with E-state index in [0.717, 1.165) is 37.3 Å². The number of nitrogens with zero attached hydrogens (tertiary/aromatic N) is 2. The summed E-state index contributed by atoms with van der Waals surface area (Å²) in [5.74, 6) is -0.00246. The first-order chi connectivity index (χ1) is 10.1. The van der Waals surface area contributed by atoms with Crippen molar-refractivity contribution < 1.29 is 4.79 Å². The molecule has 0 saturated heterocycles. The number of carbonyl (C=O) groups excluding carboxylic acids is 1. The fraction of sp³-hybridized carbons (Fsp3) is 0.0588. The molecule has 0 N–H and O–H groups in total. The molecule has 0 bridgehead atoms. The third-order valence-electron chi connectivity index (χ3n) is 3.71. The summed E-state index contributed by atoms with van der Waals surface area (Å²) in [4.78, 5) is 16.8. The average molecular weight is 339 g/mol. The van der Waals surface area contributed by atoms with E-state index < -0.39 is 0 Å². The van der Waals surface area contributed by atoms with Crippen LogP contribution in [-0.4, -0.2) is 15.5 Å². The first-order valence-corrected chi connectivity index (χ1v) is 7.45. The highest BCUT2D eigenvalue weighted by atomic mass is 79.9. The second-order valence-electron chi connectivity index (χ2n) is 5.06. The van der Waals surface area contributed by atoms with Gasteiger partial charge in [-0.1, -0.05) is 34.1 Å². The molecule has 4 heteroatoms. The van der Waals surface area contributed by atoms with E-state index in [1.54, 1.807) is 11.5 Å². The molecule has 0 amide bonds. The molecule has 0 radical (unpaired) electrons. The van der Waals surface area contributed by atoms with Crippen LogP contribution < -0.4 is 0 Å². The molecule has 102 valence electrons. The SMILES string of the molecule is CC(=O)n1c2ccccc2c2nc3ccc(Br)cc3cc21. The van der Waals surface area contributed by atoms with Crippen molar-refractivity contribution in [2.75, 3.05) is 0 Å². The first-order valence-electron chi connectivity index (χ1n) is 6.65. The highest BCUT2D eigenvalue weighted by Gasteiger charge is 2.15. The van der Waals surface area contributed by atoms with E-state index in [9.17, 15) is 4.79 Å². The van der Waals surface area contributed by atoms with Gasteiger partial charge in [0.05, 0.1) is 22.1 Å². The van der Waals surface area contributed by atoms with Gasteiger partial charge in [0.2, 0.25) is 5.91 Å². The van der Waals surface area contributed by atoms with Gasteiger partial charge in [0, 0.05) is 22.2 Å². The van der Waals surface area contributed by atoms with Gasteiger partial charge in [-0.3, -0.25) is 9.36 Å². The molecule has 0 aliphatic heterocycles. The van der Waals surface area contributed by atoms with Crippen LogP contribution in [0.5, 0.6) is 0 Å². The first kappa shape index (κ1) is 12.5. The number of hydrogen-bond donors (Lipinski definition) is 0. The van der Waals surface area contributed by atoms with Gasteiger partial charge in [0.25, 0.3) is 0 Å². The largest absolute Gasteiger partial charge is 0.278 e. The lowest BCUT2D eigenvalue weighted by Crippen LogP contribution is -2.04. The molecule has 2 aromatic carbocycles. The van der Waals surface area contributed by atoms with Gasteiger partial charge in [-0.25, -0.2) is 4.98 Å². The van der Waals surface area contributed by atoms with E-state index in [2.05, 4.69) is 15.9 Å². The van der Waals surface area contributed by atoms with Crippen LogP contribution >= 0.6 is 15.9 Å². The Hall–Kier alpha value is -2.20. The normalized spacial score (nSPS) is 11.5. The van der Waals surface area contributed by atoms with Gasteiger partial charge >= 0.3 is 0 Å². The summed E-state index contributed by atoms with van der Waals surface area (Å²) in [7, 11) is 0. The molecule has 0 unspecified atom stereocenters. The van der Waals surface area contributed by atoms with E-state index in [0.29, 0.717) is 0 Å². The number of fused-ring (bicyclic) bond motifs is 4. The van der Waals surface area contributed by atoms with Gasteiger partial charge in [-0.05, 0) is 30.3 Å². The minimum absolute atomic E-state index is 0.00246. The molecule has 0 aliphatic rings. The molecule has 0 fully saturated rings. The van der Waals surface area contributed by atoms with Crippen molar-refractivity contribution in [1.82, 2.24) is 9.55 Å². The van der Waals surface area contributed by atoms with Crippen molar-refractivity contribution >= 4 is 54.7 Å². The smallest absolute Gasteiger partial charge is 0.228 e. The molecule has 0 saturated carbocycles. The van der Waals surface area contributed by atoms with Crippen molar-refractivity contribution in [3.05, 3.63) is 53.0 Å². The summed E-state index contributed by atoms with van der Waals surface area (Å²) in [5.41, 5.74) is 3.56. The standard InChI is InChI=1S/C17H11BrN2O/c1-10(21)20-15-5-3-2-4-13(15)17-16(20)9-11-8-12(18)6-7-14(11)19-17/h2-9H,1H3. The Bertz CT molecular complexity index is 1030. The molecule has 0 aliphatic carbocycles. The quantitative estimate of drug-likeness (QED) is 0.463. The van der Waals surface area contributed by atoms with Crippen LogP contribution in [0.1, 0.15) is 11.7 Å². The fourth-order valence-corrected chi connectivity index (χ4v) is 3.22. The Kier molecular flexibility index (Phi) is 2.62. The highest BCUT2D eigenvalue weighted by molar-refractivity contribution is 9.10. The molecule has 4 aromatic rings. The number of pyridine rings is 1. The third-order valence-corrected chi connectivity index (χ3v) is 4.21. The van der Waals surface area contributed by atoms with Crippen LogP contribution in [0.3, 0.4) is 0 Å². The Morgan fingerprint density at radius 1 is 1.10 bits per heavy atom. The minimum Gasteiger partial charge on any atom is -0.278 e. The van der Waals surface area contributed by atoms with E-state index in [4.69, 9.17) is 4.98 Å². The maximum absolute atomic E-state index is 12.1. The number of para-hydroxylation sites is 1. The Morgan fingerprint density at radius 2 is 1.90 bits per heavy atom. The summed E-state index contributed by atoms with van der Waals surface area (Å²) in [6.45, 7) is 1.58. The zero-order valence-electron chi connectivity index (χ0n) is 11.3. The lowest BCUT2D eigenvalue weighted by Gasteiger charge is -2.03. The van der Waals surface area contributed by atoms with Gasteiger partial charge in [0.15, 0.2) is 0 Å². The maximum atomic E-state index is 12.1. The molecule has 4 rings (SSSR count). The molecule has 3 nitrogen and oxygen atoms in total. The van der Waals surface area contributed by atoms with Gasteiger partial charge in [-0.2, -0.15) is 0 Å². The number of hydrogen-bond acceptors (Lipinski definition) is 2. The number of aromatic nitrogens is 2. The lowest BCUT2D eigenvalue weighted by atomic mass is 10.2. The summed E-state index contributed by atoms with van der Waals surface area (Å²) in [6.07, 6.45) is 0. The monoisotopic (exact) mass is 338 g/mol. The Morgan fingerprint density at radius 3 is 2.71 bits per heavy atom. The van der Waals surface area contributed by atoms with Gasteiger partial charge < -0.3 is 0 Å². The molecule has 0 spiro atoms. The van der Waals surface area contributed by atoms with Crippen molar-refractivity contribution in [2.24, 2.45) is 0 Å². The highest BCUT2D eigenvalue weighted by Crippen LogP contribution is 2.30.